The molecule has 0 aliphatic rings. The van der Waals surface area contributed by atoms with Crippen molar-refractivity contribution in [3.8, 4) is 5.69 Å². The molecule has 3 aromatic rings. The normalized spacial score (nSPS) is 12.9. The molecule has 0 saturated heterocycles. The van der Waals surface area contributed by atoms with Crippen molar-refractivity contribution in [3.05, 3.63) is 81.7 Å². The minimum Gasteiger partial charge on any atom is -0.324 e. The van der Waals surface area contributed by atoms with Gasteiger partial charge in [-0.25, -0.2) is 4.68 Å². The fourth-order valence-corrected chi connectivity index (χ4v) is 3.39. The highest BCUT2D eigenvalue weighted by Gasteiger charge is 2.26. The summed E-state index contributed by atoms with van der Waals surface area (Å²) < 4.78 is 1.91. The van der Waals surface area contributed by atoms with E-state index in [4.69, 9.17) is 0 Å². The summed E-state index contributed by atoms with van der Waals surface area (Å²) in [7, 11) is 1.93. The Balaban J connectivity index is 1.75. The number of nitro groups is 1. The topological polar surface area (TPSA) is 94.5 Å². The van der Waals surface area contributed by atoms with E-state index in [0.717, 1.165) is 27.5 Å². The van der Waals surface area contributed by atoms with E-state index >= 15 is 0 Å². The first-order valence-corrected chi connectivity index (χ1v) is 9.76. The molecular formula is C22H26N5O3+. The maximum absolute atomic E-state index is 12.7. The molecule has 3 rings (SSSR count). The summed E-state index contributed by atoms with van der Waals surface area (Å²) >= 11 is 0. The SMILES string of the molecule is Cc1nn(-c2ccccc2)c(C)c1C[NH+](C)[C@@H](C)C(=O)Nc1ccccc1[N+](=O)[O-]. The Morgan fingerprint density at radius 1 is 1.17 bits per heavy atom. The first kappa shape index (κ1) is 21.2. The Hall–Kier alpha value is -3.52. The zero-order chi connectivity index (χ0) is 21.8. The molecule has 8 nitrogen and oxygen atoms in total. The van der Waals surface area contributed by atoms with Gasteiger partial charge in [-0.3, -0.25) is 14.9 Å². The Morgan fingerprint density at radius 2 is 1.80 bits per heavy atom. The van der Waals surface area contributed by atoms with Crippen molar-refractivity contribution in [1.82, 2.24) is 9.78 Å². The van der Waals surface area contributed by atoms with Crippen LogP contribution >= 0.6 is 0 Å². The van der Waals surface area contributed by atoms with E-state index in [1.807, 2.05) is 62.8 Å². The second-order valence-electron chi connectivity index (χ2n) is 7.41. The van der Waals surface area contributed by atoms with Gasteiger partial charge in [0.05, 0.1) is 34.6 Å². The van der Waals surface area contributed by atoms with Gasteiger partial charge >= 0.3 is 0 Å². The molecule has 2 atom stereocenters. The zero-order valence-corrected chi connectivity index (χ0v) is 17.5. The lowest BCUT2D eigenvalue weighted by atomic mass is 10.1. The molecular weight excluding hydrogens is 382 g/mol. The Bertz CT molecular complexity index is 1060. The van der Waals surface area contributed by atoms with Crippen LogP contribution in [0.15, 0.2) is 54.6 Å². The quantitative estimate of drug-likeness (QED) is 0.464. The number of anilines is 1. The van der Waals surface area contributed by atoms with Crippen LogP contribution in [0.4, 0.5) is 11.4 Å². The Morgan fingerprint density at radius 3 is 2.47 bits per heavy atom. The van der Waals surface area contributed by atoms with Gasteiger partial charge in [0, 0.05) is 6.07 Å². The summed E-state index contributed by atoms with van der Waals surface area (Å²) in [4.78, 5) is 24.4. The Kier molecular flexibility index (Phi) is 6.27. The van der Waals surface area contributed by atoms with Crippen LogP contribution in [0.3, 0.4) is 0 Å². The van der Waals surface area contributed by atoms with Gasteiger partial charge in [0.15, 0.2) is 6.04 Å². The largest absolute Gasteiger partial charge is 0.324 e. The molecule has 0 bridgehead atoms. The molecule has 1 amide bonds. The number of nitrogens with zero attached hydrogens (tertiary/aromatic N) is 3. The zero-order valence-electron chi connectivity index (χ0n) is 17.5. The predicted molar refractivity (Wildman–Crippen MR) is 115 cm³/mol. The lowest BCUT2D eigenvalue weighted by Crippen LogP contribution is -3.12. The van der Waals surface area contributed by atoms with Gasteiger partial charge in [0.1, 0.15) is 12.2 Å². The van der Waals surface area contributed by atoms with Gasteiger partial charge in [0.25, 0.3) is 11.6 Å². The molecule has 156 valence electrons. The molecule has 30 heavy (non-hydrogen) atoms. The van der Waals surface area contributed by atoms with Crippen LogP contribution in [0.5, 0.6) is 0 Å². The second kappa shape index (κ2) is 8.87. The van der Waals surface area contributed by atoms with Gasteiger partial charge in [0.2, 0.25) is 0 Å². The molecule has 1 unspecified atom stereocenters. The number of hydrogen-bond donors (Lipinski definition) is 2. The summed E-state index contributed by atoms with van der Waals surface area (Å²) in [5.74, 6) is -0.271. The van der Waals surface area contributed by atoms with Crippen LogP contribution in [0, 0.1) is 24.0 Å². The highest BCUT2D eigenvalue weighted by Crippen LogP contribution is 2.23. The average molecular weight is 408 g/mol. The third-order valence-corrected chi connectivity index (χ3v) is 5.39. The lowest BCUT2D eigenvalue weighted by Gasteiger charge is -2.21. The van der Waals surface area contributed by atoms with Crippen molar-refractivity contribution in [3.63, 3.8) is 0 Å². The number of aromatic nitrogens is 2. The number of para-hydroxylation sites is 3. The third-order valence-electron chi connectivity index (χ3n) is 5.39. The van der Waals surface area contributed by atoms with Crippen LogP contribution in [-0.2, 0) is 11.3 Å². The fraction of sp³-hybridized carbons (Fsp3) is 0.273. The summed E-state index contributed by atoms with van der Waals surface area (Å²) in [5.41, 5.74) is 4.11. The first-order chi connectivity index (χ1) is 14.3. The van der Waals surface area contributed by atoms with E-state index in [9.17, 15) is 14.9 Å². The average Bonchev–Trinajstić information content (AvgIpc) is 3.02. The molecule has 1 heterocycles. The first-order valence-electron chi connectivity index (χ1n) is 9.76. The van der Waals surface area contributed by atoms with Crippen molar-refractivity contribution in [2.75, 3.05) is 12.4 Å². The van der Waals surface area contributed by atoms with Gasteiger partial charge in [-0.1, -0.05) is 30.3 Å². The predicted octanol–water partition coefficient (Wildman–Crippen LogP) is 2.44. The van der Waals surface area contributed by atoms with Crippen molar-refractivity contribution >= 4 is 17.3 Å². The minimum absolute atomic E-state index is 0.119. The minimum atomic E-state index is -0.498. The number of benzene rings is 2. The number of carbonyl (C=O) groups excluding carboxylic acids is 1. The number of hydrogen-bond acceptors (Lipinski definition) is 4. The number of quaternary nitrogens is 1. The highest BCUT2D eigenvalue weighted by atomic mass is 16.6. The molecule has 0 spiro atoms. The fourth-order valence-electron chi connectivity index (χ4n) is 3.39. The molecule has 0 aliphatic carbocycles. The van der Waals surface area contributed by atoms with E-state index in [-0.39, 0.29) is 17.3 Å². The summed E-state index contributed by atoms with van der Waals surface area (Å²) in [5, 5.41) is 18.5. The summed E-state index contributed by atoms with van der Waals surface area (Å²) in [6, 6.07) is 15.6. The standard InChI is InChI=1S/C22H25N5O3/c1-15-19(16(2)26(24-15)18-10-6-5-7-11-18)14-25(4)17(3)22(28)23-20-12-8-9-13-21(20)27(29)30/h5-13,17H,14H2,1-4H3,(H,23,28)/p+1/t17-/m0/s1. The van der Waals surface area contributed by atoms with E-state index in [0.29, 0.717) is 6.54 Å². The number of carbonyl (C=O) groups is 1. The van der Waals surface area contributed by atoms with E-state index < -0.39 is 11.0 Å². The van der Waals surface area contributed by atoms with Crippen LogP contribution in [0.2, 0.25) is 0 Å². The maximum atomic E-state index is 12.7. The van der Waals surface area contributed by atoms with E-state index in [1.165, 1.54) is 12.1 Å². The van der Waals surface area contributed by atoms with Gasteiger partial charge in [-0.15, -0.1) is 0 Å². The summed E-state index contributed by atoms with van der Waals surface area (Å²) in [6.07, 6.45) is 0. The lowest BCUT2D eigenvalue weighted by molar-refractivity contribution is -0.907. The molecule has 1 aromatic heterocycles. The van der Waals surface area contributed by atoms with Crippen LogP contribution in [0.25, 0.3) is 5.69 Å². The van der Waals surface area contributed by atoms with Gasteiger partial charge in [-0.05, 0) is 39.0 Å². The molecule has 0 radical (unpaired) electrons. The van der Waals surface area contributed by atoms with E-state index in [1.54, 1.807) is 12.1 Å². The van der Waals surface area contributed by atoms with Gasteiger partial charge in [-0.2, -0.15) is 5.10 Å². The van der Waals surface area contributed by atoms with Crippen LogP contribution in [-0.4, -0.2) is 33.7 Å². The Labute approximate surface area is 175 Å². The van der Waals surface area contributed by atoms with Crippen molar-refractivity contribution in [2.45, 2.75) is 33.4 Å². The summed E-state index contributed by atoms with van der Waals surface area (Å²) in [6.45, 7) is 6.41. The van der Waals surface area contributed by atoms with E-state index in [2.05, 4.69) is 10.4 Å². The van der Waals surface area contributed by atoms with Crippen molar-refractivity contribution < 1.29 is 14.6 Å². The van der Waals surface area contributed by atoms with Crippen molar-refractivity contribution in [1.29, 1.82) is 0 Å². The number of rotatable bonds is 7. The molecule has 8 heteroatoms. The van der Waals surface area contributed by atoms with Gasteiger partial charge < -0.3 is 10.2 Å². The number of nitro benzene ring substituents is 1. The number of likely N-dealkylation sites (N-methyl/N-ethyl adjacent to an activating group) is 1. The third kappa shape index (κ3) is 4.38. The highest BCUT2D eigenvalue weighted by molar-refractivity contribution is 5.95. The smallest absolute Gasteiger partial charge is 0.292 e. The van der Waals surface area contributed by atoms with Crippen LogP contribution in [0.1, 0.15) is 23.9 Å². The molecule has 0 saturated carbocycles. The molecule has 2 aromatic carbocycles. The molecule has 0 aliphatic heterocycles. The second-order valence-corrected chi connectivity index (χ2v) is 7.41. The molecule has 2 N–H and O–H groups in total. The number of aryl methyl sites for hydroxylation is 1. The maximum Gasteiger partial charge on any atom is 0.292 e. The molecule has 0 fully saturated rings. The number of nitrogens with one attached hydrogen (secondary N) is 2. The number of amides is 1. The van der Waals surface area contributed by atoms with Crippen LogP contribution < -0.4 is 10.2 Å². The van der Waals surface area contributed by atoms with Crippen molar-refractivity contribution in [2.24, 2.45) is 0 Å². The monoisotopic (exact) mass is 408 g/mol.